The van der Waals surface area contributed by atoms with Crippen molar-refractivity contribution in [2.24, 2.45) is 0 Å². The van der Waals surface area contributed by atoms with E-state index in [1.165, 1.54) is 6.07 Å². The van der Waals surface area contributed by atoms with Gasteiger partial charge in [-0.05, 0) is 84.9 Å². The highest BCUT2D eigenvalue weighted by molar-refractivity contribution is 6.02. The summed E-state index contributed by atoms with van der Waals surface area (Å²) < 4.78 is 40.2. The minimum atomic E-state index is -0.538. The van der Waals surface area contributed by atoms with E-state index in [9.17, 15) is 19.2 Å². The first-order valence-electron chi connectivity index (χ1n) is 20.6. The van der Waals surface area contributed by atoms with Crippen molar-refractivity contribution in [3.05, 3.63) is 101 Å². The third-order valence-corrected chi connectivity index (χ3v) is 12.3. The number of amides is 4. The lowest BCUT2D eigenvalue weighted by molar-refractivity contribution is -0.134. The monoisotopic (exact) mass is 801 g/mol. The number of rotatable bonds is 9. The van der Waals surface area contributed by atoms with Crippen LogP contribution in [0, 0.1) is 11.6 Å². The molecule has 4 aliphatic rings. The number of piperidine rings is 3. The molecule has 304 valence electrons. The fourth-order valence-corrected chi connectivity index (χ4v) is 9.05. The molecule has 9 rings (SSSR count). The fourth-order valence-electron chi connectivity index (χ4n) is 9.05. The maximum Gasteiger partial charge on any atom is 0.234 e. The number of hydrogen-bond acceptors (Lipinski definition) is 8. The van der Waals surface area contributed by atoms with E-state index in [1.807, 2.05) is 29.2 Å². The summed E-state index contributed by atoms with van der Waals surface area (Å²) in [6.45, 7) is 3.02. The number of anilines is 2. The lowest BCUT2D eigenvalue weighted by Gasteiger charge is -2.34. The number of halogens is 2. The Hall–Kier alpha value is -6.18. The maximum absolute atomic E-state index is 16.7. The molecule has 3 aromatic carbocycles. The molecule has 14 heteroatoms. The van der Waals surface area contributed by atoms with Crippen LogP contribution in [0.1, 0.15) is 86.3 Å². The summed E-state index contributed by atoms with van der Waals surface area (Å²) in [4.78, 5) is 55.5. The zero-order valence-electron chi connectivity index (χ0n) is 32.7. The summed E-state index contributed by atoms with van der Waals surface area (Å²) >= 11 is 0. The zero-order chi connectivity index (χ0) is 40.6. The number of imide groups is 1. The minimum absolute atomic E-state index is 0.0451. The average Bonchev–Trinajstić information content (AvgIpc) is 3.95. The van der Waals surface area contributed by atoms with E-state index in [0.29, 0.717) is 91.4 Å². The first-order chi connectivity index (χ1) is 28.7. The number of carbonyl (C=O) groups is 4. The molecule has 4 amide bonds. The standard InChI is InChI=1S/C45H45F2N7O5/c46-37-24-31(33-11-13-39(55)49-45(33)58)10-12-38(37)51-20-14-29(15-21-51)28-6-8-30(9-7-28)35-25-34(32-4-3-18-52(27-32)40(56)16-22-53-23-17-48-50-53)43(47)36-26-42(59-44(35)36)54-19-2-1-5-41(54)57/h4,6-10,12,17,23-26,29,33H,1-3,5,11,13-16,18-22,27H2,(H,49,55,58). The second-order valence-corrected chi connectivity index (χ2v) is 16.0. The van der Waals surface area contributed by atoms with Crippen molar-refractivity contribution in [3.8, 4) is 11.1 Å². The molecular formula is C45H45F2N7O5. The van der Waals surface area contributed by atoms with Gasteiger partial charge in [-0.1, -0.05) is 41.6 Å². The summed E-state index contributed by atoms with van der Waals surface area (Å²) in [5, 5.41) is 10.4. The van der Waals surface area contributed by atoms with Crippen molar-refractivity contribution < 1.29 is 32.4 Å². The molecule has 3 saturated heterocycles. The number of carbonyl (C=O) groups excluding carboxylic acids is 4. The molecule has 2 aromatic heterocycles. The first-order valence-corrected chi connectivity index (χ1v) is 20.6. The molecule has 12 nitrogen and oxygen atoms in total. The van der Waals surface area contributed by atoms with Crippen LogP contribution in [0.25, 0.3) is 27.7 Å². The van der Waals surface area contributed by atoms with Crippen LogP contribution in [-0.4, -0.2) is 76.2 Å². The van der Waals surface area contributed by atoms with Crippen molar-refractivity contribution >= 4 is 51.7 Å². The van der Waals surface area contributed by atoms with Crippen LogP contribution in [0.15, 0.2) is 77.5 Å². The largest absolute Gasteiger partial charge is 0.439 e. The van der Waals surface area contributed by atoms with E-state index in [2.05, 4.69) is 27.8 Å². The van der Waals surface area contributed by atoms with E-state index in [4.69, 9.17) is 4.42 Å². The molecule has 1 atom stereocenters. The summed E-state index contributed by atoms with van der Waals surface area (Å²) in [5.41, 5.74) is 5.23. The maximum atomic E-state index is 16.7. The van der Waals surface area contributed by atoms with Crippen LogP contribution in [0.5, 0.6) is 0 Å². The van der Waals surface area contributed by atoms with Gasteiger partial charge >= 0.3 is 0 Å². The number of hydrogen-bond donors (Lipinski definition) is 1. The zero-order valence-corrected chi connectivity index (χ0v) is 32.7. The van der Waals surface area contributed by atoms with Crippen LogP contribution in [0.4, 0.5) is 20.4 Å². The number of benzene rings is 3. The van der Waals surface area contributed by atoms with Gasteiger partial charge in [-0.25, -0.2) is 8.78 Å². The van der Waals surface area contributed by atoms with Gasteiger partial charge in [0.1, 0.15) is 17.2 Å². The molecule has 4 aliphatic heterocycles. The third kappa shape index (κ3) is 7.75. The number of aromatic nitrogens is 3. The van der Waals surface area contributed by atoms with E-state index in [-0.39, 0.29) is 60.1 Å². The second kappa shape index (κ2) is 16.2. The SMILES string of the molecule is O=C1CCC(c2ccc(N3CCC(c4ccc(-c5cc(C6=CCCN(C(=O)CCn7ccnn7)C6)c(F)c6cc(N7CCCCC7=O)oc56)cc4)CC3)c(F)c2)C(=O)N1. The van der Waals surface area contributed by atoms with Crippen molar-refractivity contribution in [3.63, 3.8) is 0 Å². The molecule has 3 fully saturated rings. The highest BCUT2D eigenvalue weighted by atomic mass is 19.1. The van der Waals surface area contributed by atoms with E-state index < -0.39 is 11.7 Å². The van der Waals surface area contributed by atoms with E-state index >= 15 is 8.78 Å². The Balaban J connectivity index is 0.947. The Morgan fingerprint density at radius 2 is 1.69 bits per heavy atom. The van der Waals surface area contributed by atoms with Crippen LogP contribution in [-0.2, 0) is 25.7 Å². The molecule has 0 saturated carbocycles. The van der Waals surface area contributed by atoms with E-state index in [1.54, 1.807) is 45.1 Å². The molecule has 1 N–H and O–H groups in total. The molecule has 59 heavy (non-hydrogen) atoms. The normalized spacial score (nSPS) is 19.4. The topological polar surface area (TPSA) is 134 Å². The van der Waals surface area contributed by atoms with Gasteiger partial charge < -0.3 is 14.2 Å². The first kappa shape index (κ1) is 38.3. The van der Waals surface area contributed by atoms with Gasteiger partial charge in [0.25, 0.3) is 0 Å². The highest BCUT2D eigenvalue weighted by Gasteiger charge is 2.31. The summed E-state index contributed by atoms with van der Waals surface area (Å²) in [6.07, 6.45) is 10.4. The smallest absolute Gasteiger partial charge is 0.234 e. The summed E-state index contributed by atoms with van der Waals surface area (Å²) in [6, 6.07) is 16.6. The Kier molecular flexibility index (Phi) is 10.5. The minimum Gasteiger partial charge on any atom is -0.439 e. The molecule has 1 unspecified atom stereocenters. The molecule has 5 aromatic rings. The Morgan fingerprint density at radius 1 is 0.881 bits per heavy atom. The predicted octanol–water partition coefficient (Wildman–Crippen LogP) is 7.10. The van der Waals surface area contributed by atoms with Crippen LogP contribution < -0.4 is 15.1 Å². The molecule has 0 aliphatic carbocycles. The number of aryl methyl sites for hydroxylation is 1. The molecule has 0 bridgehead atoms. The third-order valence-electron chi connectivity index (χ3n) is 12.3. The van der Waals surface area contributed by atoms with Gasteiger partial charge in [-0.3, -0.25) is 34.1 Å². The Labute approximate surface area is 339 Å². The molecule has 0 radical (unpaired) electrons. The average molecular weight is 802 g/mol. The number of nitrogens with one attached hydrogen (secondary N) is 1. The molecule has 6 heterocycles. The van der Waals surface area contributed by atoms with Crippen LogP contribution >= 0.6 is 0 Å². The lowest BCUT2D eigenvalue weighted by Crippen LogP contribution is -2.39. The Morgan fingerprint density at radius 3 is 2.44 bits per heavy atom. The van der Waals surface area contributed by atoms with Gasteiger partial charge in [0.05, 0.1) is 29.7 Å². The highest BCUT2D eigenvalue weighted by Crippen LogP contribution is 2.42. The van der Waals surface area contributed by atoms with E-state index in [0.717, 1.165) is 36.8 Å². The lowest BCUT2D eigenvalue weighted by atomic mass is 9.87. The van der Waals surface area contributed by atoms with Crippen LogP contribution in [0.2, 0.25) is 0 Å². The van der Waals surface area contributed by atoms with Crippen molar-refractivity contribution in [2.45, 2.75) is 76.2 Å². The van der Waals surface area contributed by atoms with Crippen molar-refractivity contribution in [1.82, 2.24) is 25.2 Å². The summed E-state index contributed by atoms with van der Waals surface area (Å²) in [5.74, 6) is -1.56. The number of furan rings is 1. The summed E-state index contributed by atoms with van der Waals surface area (Å²) in [7, 11) is 0. The fraction of sp³-hybridized carbons (Fsp3) is 0.378. The van der Waals surface area contributed by atoms with Gasteiger partial charge in [-0.2, -0.15) is 0 Å². The van der Waals surface area contributed by atoms with Gasteiger partial charge in [0.2, 0.25) is 29.5 Å². The van der Waals surface area contributed by atoms with Crippen molar-refractivity contribution in [2.75, 3.05) is 42.5 Å². The predicted molar refractivity (Wildman–Crippen MR) is 217 cm³/mol. The molecule has 0 spiro atoms. The second-order valence-electron chi connectivity index (χ2n) is 16.0. The van der Waals surface area contributed by atoms with Gasteiger partial charge in [0.15, 0.2) is 0 Å². The van der Waals surface area contributed by atoms with Crippen LogP contribution in [0.3, 0.4) is 0 Å². The number of nitrogens with zero attached hydrogens (tertiary/aromatic N) is 6. The van der Waals surface area contributed by atoms with Gasteiger partial charge in [0, 0.05) is 75.4 Å². The quantitative estimate of drug-likeness (QED) is 0.156. The van der Waals surface area contributed by atoms with Gasteiger partial charge in [-0.15, -0.1) is 5.10 Å². The van der Waals surface area contributed by atoms with Crippen molar-refractivity contribution in [1.29, 1.82) is 0 Å². The Bertz CT molecular complexity index is 2450. The molecular weight excluding hydrogens is 757 g/mol. The number of fused-ring (bicyclic) bond motifs is 1.